The highest BCUT2D eigenvalue weighted by Crippen LogP contribution is 2.31. The van der Waals surface area contributed by atoms with Crippen LogP contribution in [0.5, 0.6) is 0 Å². The first-order valence-corrected chi connectivity index (χ1v) is 7.12. The average molecular weight is 305 g/mol. The van der Waals surface area contributed by atoms with Crippen LogP contribution in [0, 0.1) is 16.0 Å². The van der Waals surface area contributed by atoms with E-state index in [1.165, 1.54) is 11.6 Å². The summed E-state index contributed by atoms with van der Waals surface area (Å²) in [5.74, 6) is 0.362. The van der Waals surface area contributed by atoms with Crippen molar-refractivity contribution in [2.75, 3.05) is 5.32 Å². The molecule has 0 aliphatic rings. The topological polar surface area (TPSA) is 55.2 Å². The normalized spacial score (nSPS) is 12.2. The number of hydrogen-bond acceptors (Lipinski definition) is 3. The number of nitro groups is 1. The number of halogens is 1. The zero-order chi connectivity index (χ0) is 15.4. The Labute approximate surface area is 128 Å². The maximum absolute atomic E-state index is 10.8. The Morgan fingerprint density at radius 3 is 2.33 bits per heavy atom. The van der Waals surface area contributed by atoms with E-state index >= 15 is 0 Å². The zero-order valence-corrected chi connectivity index (χ0v) is 12.7. The van der Waals surface area contributed by atoms with Crippen LogP contribution >= 0.6 is 11.6 Å². The van der Waals surface area contributed by atoms with Gasteiger partial charge in [0.25, 0.3) is 5.69 Å². The van der Waals surface area contributed by atoms with Gasteiger partial charge in [-0.1, -0.05) is 55.8 Å². The molecule has 1 unspecified atom stereocenters. The fourth-order valence-electron chi connectivity index (χ4n) is 2.22. The maximum atomic E-state index is 10.8. The first-order valence-electron chi connectivity index (χ1n) is 6.74. The molecular weight excluding hydrogens is 288 g/mol. The highest BCUT2D eigenvalue weighted by atomic mass is 35.5. The molecule has 0 amide bonds. The molecule has 0 saturated heterocycles. The number of benzene rings is 2. The van der Waals surface area contributed by atoms with Crippen molar-refractivity contribution in [1.29, 1.82) is 0 Å². The van der Waals surface area contributed by atoms with Crippen molar-refractivity contribution in [1.82, 2.24) is 0 Å². The summed E-state index contributed by atoms with van der Waals surface area (Å²) in [5.41, 5.74) is 1.86. The van der Waals surface area contributed by atoms with E-state index in [2.05, 4.69) is 31.3 Å². The Balaban J connectivity index is 2.26. The molecule has 0 saturated carbocycles. The van der Waals surface area contributed by atoms with Gasteiger partial charge in [0.1, 0.15) is 5.02 Å². The predicted octanol–water partition coefficient (Wildman–Crippen LogP) is 5.06. The average Bonchev–Trinajstić information content (AvgIpc) is 2.45. The van der Waals surface area contributed by atoms with Gasteiger partial charge >= 0.3 is 0 Å². The van der Waals surface area contributed by atoms with Gasteiger partial charge in [-0.15, -0.1) is 0 Å². The summed E-state index contributed by atoms with van der Waals surface area (Å²) in [6, 6.07) is 14.9. The van der Waals surface area contributed by atoms with E-state index in [9.17, 15) is 10.1 Å². The quantitative estimate of drug-likeness (QED) is 0.620. The van der Waals surface area contributed by atoms with Crippen molar-refractivity contribution in [2.45, 2.75) is 19.9 Å². The third-order valence-electron chi connectivity index (χ3n) is 3.29. The molecule has 5 heteroatoms. The van der Waals surface area contributed by atoms with Crippen molar-refractivity contribution in [3.05, 3.63) is 69.2 Å². The summed E-state index contributed by atoms with van der Waals surface area (Å²) in [6.07, 6.45) is 0. The van der Waals surface area contributed by atoms with E-state index in [1.54, 1.807) is 12.1 Å². The van der Waals surface area contributed by atoms with Crippen LogP contribution in [0.3, 0.4) is 0 Å². The minimum atomic E-state index is -0.483. The Kier molecular flexibility index (Phi) is 4.81. The predicted molar refractivity (Wildman–Crippen MR) is 85.8 cm³/mol. The van der Waals surface area contributed by atoms with Gasteiger partial charge in [0.15, 0.2) is 0 Å². The van der Waals surface area contributed by atoms with E-state index < -0.39 is 4.92 Å². The summed E-state index contributed by atoms with van der Waals surface area (Å²) < 4.78 is 0. The number of anilines is 1. The lowest BCUT2D eigenvalue weighted by Crippen LogP contribution is -2.16. The Bertz CT molecular complexity index is 629. The van der Waals surface area contributed by atoms with Gasteiger partial charge < -0.3 is 5.32 Å². The Morgan fingerprint density at radius 1 is 1.14 bits per heavy atom. The van der Waals surface area contributed by atoms with E-state index in [4.69, 9.17) is 11.6 Å². The van der Waals surface area contributed by atoms with Gasteiger partial charge in [0, 0.05) is 11.8 Å². The molecule has 0 aliphatic carbocycles. The molecule has 0 aromatic heterocycles. The second kappa shape index (κ2) is 6.59. The highest BCUT2D eigenvalue weighted by molar-refractivity contribution is 6.32. The first kappa shape index (κ1) is 15.3. The van der Waals surface area contributed by atoms with Crippen LogP contribution in [0.2, 0.25) is 5.02 Å². The Hall–Kier alpha value is -2.07. The van der Waals surface area contributed by atoms with E-state index in [0.717, 1.165) is 5.69 Å². The molecule has 0 heterocycles. The van der Waals surface area contributed by atoms with Crippen molar-refractivity contribution in [3.63, 3.8) is 0 Å². The van der Waals surface area contributed by atoms with Crippen LogP contribution in [0.1, 0.15) is 25.5 Å². The molecule has 2 aromatic carbocycles. The van der Waals surface area contributed by atoms with Crippen LogP contribution < -0.4 is 5.32 Å². The molecule has 1 atom stereocenters. The largest absolute Gasteiger partial charge is 0.378 e. The zero-order valence-electron chi connectivity index (χ0n) is 11.9. The standard InChI is InChI=1S/C16H17ClN2O2/c1-11(2)16(12-6-4-3-5-7-12)18-13-8-9-15(19(20)21)14(17)10-13/h3-11,16,18H,1-2H3. The highest BCUT2D eigenvalue weighted by Gasteiger charge is 2.17. The van der Waals surface area contributed by atoms with E-state index in [-0.39, 0.29) is 16.8 Å². The minimum absolute atomic E-state index is 0.0805. The number of nitro benzene ring substituents is 1. The lowest BCUT2D eigenvalue weighted by Gasteiger charge is -2.24. The number of nitrogens with one attached hydrogen (secondary N) is 1. The first-order chi connectivity index (χ1) is 9.99. The maximum Gasteiger partial charge on any atom is 0.288 e. The molecule has 2 rings (SSSR count). The van der Waals surface area contributed by atoms with Crippen LogP contribution in [0.4, 0.5) is 11.4 Å². The summed E-state index contributed by atoms with van der Waals surface area (Å²) >= 11 is 5.95. The number of nitrogens with zero attached hydrogens (tertiary/aromatic N) is 1. The summed E-state index contributed by atoms with van der Waals surface area (Å²) in [5, 5.41) is 14.3. The summed E-state index contributed by atoms with van der Waals surface area (Å²) in [4.78, 5) is 10.3. The smallest absolute Gasteiger partial charge is 0.288 e. The van der Waals surface area contributed by atoms with Crippen LogP contribution in [0.25, 0.3) is 0 Å². The SMILES string of the molecule is CC(C)C(Nc1ccc([N+](=O)[O-])c(Cl)c1)c1ccccc1. The van der Waals surface area contributed by atoms with Gasteiger partial charge in [-0.2, -0.15) is 0 Å². The molecule has 0 spiro atoms. The molecule has 0 bridgehead atoms. The second-order valence-electron chi connectivity index (χ2n) is 5.20. The monoisotopic (exact) mass is 304 g/mol. The summed E-state index contributed by atoms with van der Waals surface area (Å²) in [6.45, 7) is 4.25. The van der Waals surface area contributed by atoms with Crippen molar-refractivity contribution >= 4 is 23.0 Å². The van der Waals surface area contributed by atoms with Crippen LogP contribution in [-0.2, 0) is 0 Å². The van der Waals surface area contributed by atoms with Gasteiger partial charge in [-0.3, -0.25) is 10.1 Å². The van der Waals surface area contributed by atoms with Gasteiger partial charge in [-0.05, 0) is 23.6 Å². The third kappa shape index (κ3) is 3.73. The van der Waals surface area contributed by atoms with Crippen molar-refractivity contribution in [3.8, 4) is 0 Å². The van der Waals surface area contributed by atoms with Crippen molar-refractivity contribution < 1.29 is 4.92 Å². The molecular formula is C16H17ClN2O2. The number of hydrogen-bond donors (Lipinski definition) is 1. The number of rotatable bonds is 5. The van der Waals surface area contributed by atoms with E-state index in [0.29, 0.717) is 5.92 Å². The summed E-state index contributed by atoms with van der Waals surface area (Å²) in [7, 11) is 0. The minimum Gasteiger partial charge on any atom is -0.378 e. The van der Waals surface area contributed by atoms with Gasteiger partial charge in [0.05, 0.1) is 11.0 Å². The molecule has 1 N–H and O–H groups in total. The fraction of sp³-hybridized carbons (Fsp3) is 0.250. The molecule has 2 aromatic rings. The lowest BCUT2D eigenvalue weighted by molar-refractivity contribution is -0.384. The second-order valence-corrected chi connectivity index (χ2v) is 5.61. The van der Waals surface area contributed by atoms with Crippen molar-refractivity contribution in [2.24, 2.45) is 5.92 Å². The van der Waals surface area contributed by atoms with Gasteiger partial charge in [0.2, 0.25) is 0 Å². The molecule has 0 aliphatic heterocycles. The molecule has 110 valence electrons. The third-order valence-corrected chi connectivity index (χ3v) is 3.59. The molecule has 21 heavy (non-hydrogen) atoms. The van der Waals surface area contributed by atoms with Gasteiger partial charge in [-0.25, -0.2) is 0 Å². The van der Waals surface area contributed by atoms with Crippen LogP contribution in [0.15, 0.2) is 48.5 Å². The molecule has 4 nitrogen and oxygen atoms in total. The fourth-order valence-corrected chi connectivity index (χ4v) is 2.47. The Morgan fingerprint density at radius 2 is 1.81 bits per heavy atom. The van der Waals surface area contributed by atoms with E-state index in [1.807, 2.05) is 18.2 Å². The molecule has 0 fully saturated rings. The van der Waals surface area contributed by atoms with Crippen LogP contribution in [-0.4, -0.2) is 4.92 Å². The lowest BCUT2D eigenvalue weighted by atomic mass is 9.96. The molecule has 0 radical (unpaired) electrons.